The zero-order chi connectivity index (χ0) is 25.2. The van der Waals surface area contributed by atoms with Crippen molar-refractivity contribution in [3.8, 4) is 17.2 Å². The predicted octanol–water partition coefficient (Wildman–Crippen LogP) is 4.01. The standard InChI is InChI=1S/C29H32N2O5/c1-34-29(33)21-35-25-14-11-22(12-15-25)19-24-20-30-17-18-31(24)28(32)16-13-23-7-5-6-10-27(23)36-26-8-3-2-4-9-26/h2-12,14-15,24,30H,13,16-21H2,1H3. The van der Waals surface area contributed by atoms with E-state index in [4.69, 9.17) is 9.47 Å². The quantitative estimate of drug-likeness (QED) is 0.435. The number of carbonyl (C=O) groups is 2. The zero-order valence-corrected chi connectivity index (χ0v) is 20.5. The van der Waals surface area contributed by atoms with Crippen LogP contribution in [0.4, 0.5) is 0 Å². The minimum atomic E-state index is -0.421. The van der Waals surface area contributed by atoms with Crippen LogP contribution in [0.5, 0.6) is 17.2 Å². The number of piperazine rings is 1. The van der Waals surface area contributed by atoms with Gasteiger partial charge in [0.05, 0.1) is 7.11 Å². The first-order valence-corrected chi connectivity index (χ1v) is 12.2. The average molecular weight is 489 g/mol. The average Bonchev–Trinajstić information content (AvgIpc) is 2.92. The molecule has 1 amide bonds. The van der Waals surface area contributed by atoms with E-state index >= 15 is 0 Å². The number of methoxy groups -OCH3 is 1. The number of para-hydroxylation sites is 2. The first kappa shape index (κ1) is 25.3. The summed E-state index contributed by atoms with van der Waals surface area (Å²) in [5.41, 5.74) is 2.12. The lowest BCUT2D eigenvalue weighted by atomic mass is 10.0. The summed E-state index contributed by atoms with van der Waals surface area (Å²) >= 11 is 0. The molecule has 1 N–H and O–H groups in total. The summed E-state index contributed by atoms with van der Waals surface area (Å²) in [6.07, 6.45) is 1.78. The van der Waals surface area contributed by atoms with Crippen LogP contribution in [0.25, 0.3) is 0 Å². The molecule has 1 saturated heterocycles. The Morgan fingerprint density at radius 1 is 0.944 bits per heavy atom. The first-order valence-electron chi connectivity index (χ1n) is 12.2. The van der Waals surface area contributed by atoms with E-state index in [9.17, 15) is 9.59 Å². The maximum Gasteiger partial charge on any atom is 0.343 e. The summed E-state index contributed by atoms with van der Waals surface area (Å²) in [5.74, 6) is 1.89. The Kier molecular flexibility index (Phi) is 8.94. The molecule has 3 aromatic carbocycles. The van der Waals surface area contributed by atoms with Crippen LogP contribution in [0.3, 0.4) is 0 Å². The van der Waals surface area contributed by atoms with E-state index < -0.39 is 5.97 Å². The van der Waals surface area contributed by atoms with Gasteiger partial charge in [-0.2, -0.15) is 0 Å². The van der Waals surface area contributed by atoms with Gasteiger partial charge in [0.2, 0.25) is 5.91 Å². The van der Waals surface area contributed by atoms with Gasteiger partial charge in [-0.1, -0.05) is 48.5 Å². The molecule has 4 rings (SSSR count). The van der Waals surface area contributed by atoms with Gasteiger partial charge in [-0.15, -0.1) is 0 Å². The second-order valence-corrected chi connectivity index (χ2v) is 8.68. The van der Waals surface area contributed by atoms with Gasteiger partial charge in [0.15, 0.2) is 6.61 Å². The molecular formula is C29H32N2O5. The predicted molar refractivity (Wildman–Crippen MR) is 137 cm³/mol. The van der Waals surface area contributed by atoms with Crippen LogP contribution < -0.4 is 14.8 Å². The zero-order valence-electron chi connectivity index (χ0n) is 20.5. The molecular weight excluding hydrogens is 456 g/mol. The number of carbonyl (C=O) groups excluding carboxylic acids is 2. The highest BCUT2D eigenvalue weighted by Crippen LogP contribution is 2.26. The van der Waals surface area contributed by atoms with Gasteiger partial charge in [-0.05, 0) is 54.3 Å². The van der Waals surface area contributed by atoms with Crippen molar-refractivity contribution in [2.45, 2.75) is 25.3 Å². The third-order valence-corrected chi connectivity index (χ3v) is 6.20. The smallest absolute Gasteiger partial charge is 0.343 e. The molecule has 1 heterocycles. The molecule has 1 fully saturated rings. The molecule has 0 bridgehead atoms. The number of esters is 1. The molecule has 36 heavy (non-hydrogen) atoms. The monoisotopic (exact) mass is 488 g/mol. The number of nitrogens with one attached hydrogen (secondary N) is 1. The number of rotatable bonds is 10. The van der Waals surface area contributed by atoms with Gasteiger partial charge >= 0.3 is 5.97 Å². The Balaban J connectivity index is 1.34. The van der Waals surface area contributed by atoms with E-state index in [2.05, 4.69) is 10.1 Å². The van der Waals surface area contributed by atoms with Crippen LogP contribution >= 0.6 is 0 Å². The maximum atomic E-state index is 13.3. The summed E-state index contributed by atoms with van der Waals surface area (Å²) in [7, 11) is 1.33. The maximum absolute atomic E-state index is 13.3. The van der Waals surface area contributed by atoms with Crippen molar-refractivity contribution in [1.82, 2.24) is 10.2 Å². The van der Waals surface area contributed by atoms with Gasteiger partial charge in [0, 0.05) is 32.1 Å². The summed E-state index contributed by atoms with van der Waals surface area (Å²) in [6, 6.07) is 25.3. The first-order chi connectivity index (χ1) is 17.6. The highest BCUT2D eigenvalue weighted by Gasteiger charge is 2.26. The van der Waals surface area contributed by atoms with Gasteiger partial charge in [0.25, 0.3) is 0 Å². The van der Waals surface area contributed by atoms with E-state index in [-0.39, 0.29) is 18.6 Å². The highest BCUT2D eigenvalue weighted by atomic mass is 16.6. The number of nitrogens with zero attached hydrogens (tertiary/aromatic N) is 1. The molecule has 1 unspecified atom stereocenters. The SMILES string of the molecule is COC(=O)COc1ccc(CC2CNCCN2C(=O)CCc2ccccc2Oc2ccccc2)cc1. The molecule has 1 aliphatic heterocycles. The van der Waals surface area contributed by atoms with Crippen molar-refractivity contribution in [2.75, 3.05) is 33.4 Å². The summed E-state index contributed by atoms with van der Waals surface area (Å²) in [5, 5.41) is 3.41. The van der Waals surface area contributed by atoms with Gasteiger partial charge in [-0.25, -0.2) is 4.79 Å². The summed E-state index contributed by atoms with van der Waals surface area (Å²) in [4.78, 5) is 26.5. The highest BCUT2D eigenvalue weighted by molar-refractivity contribution is 5.77. The number of benzene rings is 3. The van der Waals surface area contributed by atoms with Crippen LogP contribution in [-0.4, -0.2) is 56.2 Å². The van der Waals surface area contributed by atoms with E-state index in [0.717, 1.165) is 42.1 Å². The molecule has 0 aromatic heterocycles. The van der Waals surface area contributed by atoms with Crippen molar-refractivity contribution in [3.63, 3.8) is 0 Å². The summed E-state index contributed by atoms with van der Waals surface area (Å²) < 4.78 is 16.1. The van der Waals surface area contributed by atoms with Crippen molar-refractivity contribution in [3.05, 3.63) is 90.0 Å². The van der Waals surface area contributed by atoms with Crippen LogP contribution in [0, 0.1) is 0 Å². The second-order valence-electron chi connectivity index (χ2n) is 8.68. The third-order valence-electron chi connectivity index (χ3n) is 6.20. The molecule has 1 atom stereocenters. The molecule has 7 nitrogen and oxygen atoms in total. The Morgan fingerprint density at radius 3 is 2.47 bits per heavy atom. The van der Waals surface area contributed by atoms with Crippen LogP contribution in [0.15, 0.2) is 78.9 Å². The van der Waals surface area contributed by atoms with E-state index in [0.29, 0.717) is 25.1 Å². The van der Waals surface area contributed by atoms with Crippen LogP contribution in [0.2, 0.25) is 0 Å². The minimum Gasteiger partial charge on any atom is -0.482 e. The molecule has 1 aliphatic rings. The van der Waals surface area contributed by atoms with Crippen molar-refractivity contribution in [2.24, 2.45) is 0 Å². The second kappa shape index (κ2) is 12.7. The Hall–Kier alpha value is -3.84. The van der Waals surface area contributed by atoms with Gasteiger partial charge < -0.3 is 24.4 Å². The molecule has 3 aromatic rings. The van der Waals surface area contributed by atoms with Crippen LogP contribution in [-0.2, 0) is 27.2 Å². The number of aryl methyl sites for hydroxylation is 1. The molecule has 0 aliphatic carbocycles. The summed E-state index contributed by atoms with van der Waals surface area (Å²) in [6.45, 7) is 2.10. The molecule has 0 radical (unpaired) electrons. The van der Waals surface area contributed by atoms with Crippen molar-refractivity contribution in [1.29, 1.82) is 0 Å². The van der Waals surface area contributed by atoms with Crippen molar-refractivity contribution < 1.29 is 23.8 Å². The van der Waals surface area contributed by atoms with Crippen molar-refractivity contribution >= 4 is 11.9 Å². The third kappa shape index (κ3) is 7.09. The number of amides is 1. The number of hydrogen-bond donors (Lipinski definition) is 1. The lowest BCUT2D eigenvalue weighted by molar-refractivity contribution is -0.143. The van der Waals surface area contributed by atoms with Gasteiger partial charge in [-0.3, -0.25) is 4.79 Å². The van der Waals surface area contributed by atoms with E-state index in [1.54, 1.807) is 0 Å². The number of ether oxygens (including phenoxy) is 3. The van der Waals surface area contributed by atoms with Gasteiger partial charge in [0.1, 0.15) is 17.2 Å². The molecule has 188 valence electrons. The lowest BCUT2D eigenvalue weighted by Gasteiger charge is -2.36. The molecule has 0 saturated carbocycles. The fourth-order valence-electron chi connectivity index (χ4n) is 4.28. The minimum absolute atomic E-state index is 0.0731. The fraction of sp³-hybridized carbons (Fsp3) is 0.310. The lowest BCUT2D eigenvalue weighted by Crippen LogP contribution is -2.54. The fourth-order valence-corrected chi connectivity index (χ4v) is 4.28. The molecule has 0 spiro atoms. The normalized spacial score (nSPS) is 15.2. The number of hydrogen-bond acceptors (Lipinski definition) is 6. The Bertz CT molecular complexity index is 1130. The molecule has 7 heteroatoms. The van der Waals surface area contributed by atoms with Crippen LogP contribution in [0.1, 0.15) is 17.5 Å². The topological polar surface area (TPSA) is 77.1 Å². The Morgan fingerprint density at radius 2 is 1.69 bits per heavy atom. The Labute approximate surface area is 212 Å². The van der Waals surface area contributed by atoms with E-state index in [1.165, 1.54) is 7.11 Å². The van der Waals surface area contributed by atoms with E-state index in [1.807, 2.05) is 83.8 Å². The largest absolute Gasteiger partial charge is 0.482 e.